The Labute approximate surface area is 112 Å². The van der Waals surface area contributed by atoms with Crippen molar-refractivity contribution in [2.24, 2.45) is 0 Å². The predicted molar refractivity (Wildman–Crippen MR) is 79.8 cm³/mol. The van der Waals surface area contributed by atoms with E-state index in [0.717, 1.165) is 31.7 Å². The van der Waals surface area contributed by atoms with E-state index < -0.39 is 0 Å². The van der Waals surface area contributed by atoms with Crippen molar-refractivity contribution in [3.63, 3.8) is 0 Å². The molecule has 0 aliphatic carbocycles. The van der Waals surface area contributed by atoms with Crippen molar-refractivity contribution in [3.8, 4) is 0 Å². The highest BCUT2D eigenvalue weighted by Gasteiger charge is 2.04. The molecule has 0 atom stereocenters. The molecule has 3 nitrogen and oxygen atoms in total. The van der Waals surface area contributed by atoms with Crippen LogP contribution in [0.25, 0.3) is 0 Å². The van der Waals surface area contributed by atoms with Gasteiger partial charge in [0.05, 0.1) is 0 Å². The second-order valence-corrected chi connectivity index (χ2v) is 5.14. The van der Waals surface area contributed by atoms with E-state index in [4.69, 9.17) is 5.73 Å². The fourth-order valence-corrected chi connectivity index (χ4v) is 1.96. The molecule has 0 radical (unpaired) electrons. The number of anilines is 1. The zero-order chi connectivity index (χ0) is 13.4. The van der Waals surface area contributed by atoms with Crippen LogP contribution in [0.2, 0.25) is 0 Å². The third-order valence-corrected chi connectivity index (χ3v) is 3.10. The Kier molecular flexibility index (Phi) is 6.76. The average Bonchev–Trinajstić information content (AvgIpc) is 2.34. The van der Waals surface area contributed by atoms with Gasteiger partial charge in [-0.3, -0.25) is 0 Å². The van der Waals surface area contributed by atoms with Crippen molar-refractivity contribution in [3.05, 3.63) is 29.8 Å². The molecule has 0 saturated carbocycles. The molecule has 0 aliphatic heterocycles. The summed E-state index contributed by atoms with van der Waals surface area (Å²) >= 11 is 0. The van der Waals surface area contributed by atoms with Crippen LogP contribution in [-0.2, 0) is 6.42 Å². The van der Waals surface area contributed by atoms with Crippen LogP contribution < -0.4 is 5.73 Å². The standard InChI is InChI=1S/C15H27N3/c1-4-10-18(13-12-17(2)3)11-9-14-5-7-15(16)8-6-14/h5-8H,4,9-13,16H2,1-3H3. The lowest BCUT2D eigenvalue weighted by molar-refractivity contribution is 0.243. The normalized spacial score (nSPS) is 11.4. The summed E-state index contributed by atoms with van der Waals surface area (Å²) < 4.78 is 0. The summed E-state index contributed by atoms with van der Waals surface area (Å²) in [5, 5.41) is 0. The molecule has 0 heterocycles. The Bertz CT molecular complexity index is 319. The molecule has 0 amide bonds. The van der Waals surface area contributed by atoms with Gasteiger partial charge < -0.3 is 15.5 Å². The molecule has 102 valence electrons. The second kappa shape index (κ2) is 8.11. The number of likely N-dealkylation sites (N-methyl/N-ethyl adjacent to an activating group) is 1. The monoisotopic (exact) mass is 249 g/mol. The Morgan fingerprint density at radius 1 is 0.944 bits per heavy atom. The molecule has 1 aromatic carbocycles. The third kappa shape index (κ3) is 6.03. The smallest absolute Gasteiger partial charge is 0.0314 e. The van der Waals surface area contributed by atoms with Crippen LogP contribution in [0.15, 0.2) is 24.3 Å². The zero-order valence-corrected chi connectivity index (χ0v) is 12.0. The summed E-state index contributed by atoms with van der Waals surface area (Å²) in [5.41, 5.74) is 7.91. The third-order valence-electron chi connectivity index (χ3n) is 3.10. The van der Waals surface area contributed by atoms with Crippen LogP contribution in [0.3, 0.4) is 0 Å². The highest BCUT2D eigenvalue weighted by molar-refractivity contribution is 5.39. The van der Waals surface area contributed by atoms with Crippen molar-refractivity contribution < 1.29 is 0 Å². The lowest BCUT2D eigenvalue weighted by Crippen LogP contribution is -2.33. The maximum absolute atomic E-state index is 5.70. The number of nitrogens with zero attached hydrogens (tertiary/aromatic N) is 2. The Morgan fingerprint density at radius 2 is 1.61 bits per heavy atom. The highest BCUT2D eigenvalue weighted by atomic mass is 15.2. The maximum Gasteiger partial charge on any atom is 0.0314 e. The van der Waals surface area contributed by atoms with E-state index in [-0.39, 0.29) is 0 Å². The quantitative estimate of drug-likeness (QED) is 0.716. The lowest BCUT2D eigenvalue weighted by Gasteiger charge is -2.23. The summed E-state index contributed by atoms with van der Waals surface area (Å²) in [6.07, 6.45) is 2.32. The Morgan fingerprint density at radius 3 is 2.17 bits per heavy atom. The van der Waals surface area contributed by atoms with Crippen LogP contribution in [0.1, 0.15) is 18.9 Å². The minimum atomic E-state index is 0.844. The van der Waals surface area contributed by atoms with Gasteiger partial charge in [-0.2, -0.15) is 0 Å². The summed E-state index contributed by atoms with van der Waals surface area (Å²) in [7, 11) is 4.26. The minimum Gasteiger partial charge on any atom is -0.399 e. The van der Waals surface area contributed by atoms with Crippen LogP contribution in [0, 0.1) is 0 Å². The Hall–Kier alpha value is -1.06. The van der Waals surface area contributed by atoms with Gasteiger partial charge in [0, 0.05) is 25.3 Å². The number of hydrogen-bond donors (Lipinski definition) is 1. The van der Waals surface area contributed by atoms with Crippen molar-refractivity contribution in [2.45, 2.75) is 19.8 Å². The van der Waals surface area contributed by atoms with E-state index in [1.54, 1.807) is 0 Å². The fraction of sp³-hybridized carbons (Fsp3) is 0.600. The molecule has 1 aromatic rings. The van der Waals surface area contributed by atoms with E-state index in [1.807, 2.05) is 12.1 Å². The van der Waals surface area contributed by atoms with Gasteiger partial charge in [-0.15, -0.1) is 0 Å². The molecule has 0 unspecified atom stereocenters. The number of nitrogen functional groups attached to an aromatic ring is 1. The molecule has 0 bridgehead atoms. The minimum absolute atomic E-state index is 0.844. The largest absolute Gasteiger partial charge is 0.399 e. The molecule has 0 aliphatic rings. The number of hydrogen-bond acceptors (Lipinski definition) is 3. The molecular formula is C15H27N3. The first kappa shape index (κ1) is 15.0. The summed E-state index contributed by atoms with van der Waals surface area (Å²) in [6.45, 7) is 6.83. The van der Waals surface area contributed by atoms with Crippen molar-refractivity contribution >= 4 is 5.69 Å². The number of nitrogens with two attached hydrogens (primary N) is 1. The van der Waals surface area contributed by atoms with E-state index in [1.165, 1.54) is 18.5 Å². The molecular weight excluding hydrogens is 222 g/mol. The van der Waals surface area contributed by atoms with Gasteiger partial charge in [0.25, 0.3) is 0 Å². The van der Waals surface area contributed by atoms with Gasteiger partial charge in [-0.1, -0.05) is 19.1 Å². The molecule has 0 saturated heterocycles. The summed E-state index contributed by atoms with van der Waals surface area (Å²) in [4.78, 5) is 4.78. The Balaban J connectivity index is 2.38. The van der Waals surface area contributed by atoms with E-state index >= 15 is 0 Å². The average molecular weight is 249 g/mol. The van der Waals surface area contributed by atoms with Gasteiger partial charge in [-0.25, -0.2) is 0 Å². The SMILES string of the molecule is CCCN(CCc1ccc(N)cc1)CCN(C)C. The van der Waals surface area contributed by atoms with Gasteiger partial charge >= 0.3 is 0 Å². The topological polar surface area (TPSA) is 32.5 Å². The van der Waals surface area contributed by atoms with E-state index in [2.05, 4.69) is 43.0 Å². The molecule has 2 N–H and O–H groups in total. The van der Waals surface area contributed by atoms with Crippen LogP contribution >= 0.6 is 0 Å². The van der Waals surface area contributed by atoms with Gasteiger partial charge in [-0.05, 0) is 51.2 Å². The summed E-state index contributed by atoms with van der Waals surface area (Å²) in [6, 6.07) is 8.23. The first-order chi connectivity index (χ1) is 8.61. The molecule has 0 aromatic heterocycles. The first-order valence-electron chi connectivity index (χ1n) is 6.83. The zero-order valence-electron chi connectivity index (χ0n) is 12.0. The second-order valence-electron chi connectivity index (χ2n) is 5.14. The van der Waals surface area contributed by atoms with E-state index in [9.17, 15) is 0 Å². The molecule has 3 heteroatoms. The van der Waals surface area contributed by atoms with Crippen molar-refractivity contribution in [1.29, 1.82) is 0 Å². The van der Waals surface area contributed by atoms with Gasteiger partial charge in [0.1, 0.15) is 0 Å². The predicted octanol–water partition coefficient (Wildman–Crippen LogP) is 2.08. The van der Waals surface area contributed by atoms with Crippen molar-refractivity contribution in [1.82, 2.24) is 9.80 Å². The highest BCUT2D eigenvalue weighted by Crippen LogP contribution is 2.07. The fourth-order valence-electron chi connectivity index (χ4n) is 1.96. The molecule has 0 fully saturated rings. The molecule has 0 spiro atoms. The van der Waals surface area contributed by atoms with Gasteiger partial charge in [0.2, 0.25) is 0 Å². The number of rotatable bonds is 8. The van der Waals surface area contributed by atoms with Crippen LogP contribution in [0.5, 0.6) is 0 Å². The van der Waals surface area contributed by atoms with Crippen molar-refractivity contribution in [2.75, 3.05) is 46.0 Å². The maximum atomic E-state index is 5.70. The van der Waals surface area contributed by atoms with E-state index in [0.29, 0.717) is 0 Å². The van der Waals surface area contributed by atoms with Crippen LogP contribution in [0.4, 0.5) is 5.69 Å². The van der Waals surface area contributed by atoms with Gasteiger partial charge in [0.15, 0.2) is 0 Å². The lowest BCUT2D eigenvalue weighted by atomic mass is 10.1. The number of benzene rings is 1. The summed E-state index contributed by atoms with van der Waals surface area (Å²) in [5.74, 6) is 0. The van der Waals surface area contributed by atoms with Crippen LogP contribution in [-0.4, -0.2) is 50.1 Å². The molecule has 18 heavy (non-hydrogen) atoms. The molecule has 1 rings (SSSR count). The first-order valence-corrected chi connectivity index (χ1v) is 6.83.